The van der Waals surface area contributed by atoms with Crippen LogP contribution in [-0.2, 0) is 43.0 Å². The van der Waals surface area contributed by atoms with Crippen molar-refractivity contribution < 1.29 is 56.4 Å². The average molecular weight is 1100 g/mol. The van der Waals surface area contributed by atoms with E-state index in [1.165, 1.54) is 18.0 Å². The molecule has 5 atom stereocenters. The van der Waals surface area contributed by atoms with Crippen molar-refractivity contribution in [3.05, 3.63) is 142 Å². The van der Waals surface area contributed by atoms with Crippen LogP contribution in [0.25, 0.3) is 11.2 Å². The van der Waals surface area contributed by atoms with E-state index in [4.69, 9.17) is 42.2 Å². The van der Waals surface area contributed by atoms with Crippen LogP contribution in [0.1, 0.15) is 88.7 Å². The van der Waals surface area contributed by atoms with Gasteiger partial charge in [-0.25, -0.2) is 14.2 Å². The molecule has 1 aliphatic rings. The number of carbonyl (C=O) groups excluding carboxylic acids is 2. The molecule has 6 aromatic rings. The molecule has 0 saturated carbocycles. The lowest BCUT2D eigenvalue weighted by atomic mass is 9.80. The zero-order valence-electron chi connectivity index (χ0n) is 46.5. The number of hydrogen-bond donors (Lipinski definition) is 2. The van der Waals surface area contributed by atoms with Gasteiger partial charge in [-0.2, -0.15) is 4.98 Å². The molecule has 0 bridgehead atoms. The highest BCUT2D eigenvalue weighted by Crippen LogP contribution is 2.58. The van der Waals surface area contributed by atoms with E-state index in [2.05, 4.69) is 20.3 Å². The van der Waals surface area contributed by atoms with Crippen molar-refractivity contribution in [1.29, 1.82) is 0 Å². The van der Waals surface area contributed by atoms with Gasteiger partial charge in [0.25, 0.3) is 11.5 Å². The van der Waals surface area contributed by atoms with Gasteiger partial charge in [-0.15, -0.1) is 0 Å². The van der Waals surface area contributed by atoms with Crippen molar-refractivity contribution >= 4 is 36.7 Å². The lowest BCUT2D eigenvalue weighted by Gasteiger charge is -2.40. The molecule has 2 aromatic heterocycles. The Morgan fingerprint density at radius 2 is 1.31 bits per heavy atom. The van der Waals surface area contributed by atoms with E-state index < -0.39 is 61.4 Å². The van der Waals surface area contributed by atoms with Gasteiger partial charge in [0, 0.05) is 43.3 Å². The van der Waals surface area contributed by atoms with Crippen LogP contribution < -0.4 is 25.1 Å². The zero-order chi connectivity index (χ0) is 56.3. The van der Waals surface area contributed by atoms with Gasteiger partial charge in [0.1, 0.15) is 41.2 Å². The summed E-state index contributed by atoms with van der Waals surface area (Å²) < 4.78 is 76.6. The first-order valence-corrected chi connectivity index (χ1v) is 27.6. The fourth-order valence-electron chi connectivity index (χ4n) is 9.57. The number of aromatic amines is 1. The van der Waals surface area contributed by atoms with Crippen molar-refractivity contribution in [1.82, 2.24) is 29.1 Å². The monoisotopic (exact) mass is 1100 g/mol. The summed E-state index contributed by atoms with van der Waals surface area (Å²) in [5.74, 6) is 0.704. The lowest BCUT2D eigenvalue weighted by Crippen LogP contribution is -2.44. The normalized spacial score (nSPS) is 17.6. The predicted molar refractivity (Wildman–Crippen MR) is 295 cm³/mol. The second-order valence-electron chi connectivity index (χ2n) is 19.9. The Hall–Kier alpha value is -6.48. The number of benzene rings is 4. The van der Waals surface area contributed by atoms with Crippen molar-refractivity contribution in [3.8, 4) is 17.2 Å². The van der Waals surface area contributed by atoms with Crippen molar-refractivity contribution in [3.63, 3.8) is 0 Å². The maximum Gasteiger partial charge on any atom is 0.409 e. The van der Waals surface area contributed by atoms with Gasteiger partial charge < -0.3 is 38.1 Å². The Morgan fingerprint density at radius 3 is 1.83 bits per heavy atom. The number of anilines is 1. The van der Waals surface area contributed by atoms with Gasteiger partial charge in [0.2, 0.25) is 11.9 Å². The molecule has 78 heavy (non-hydrogen) atoms. The SMILES string of the molecule is COCCO[C@@H]1[C@H](OP(=O)(OCCN(C(=O)c2ccc(OC)cc2)C(C)C)N(C(C)C)C(C)C)[C@@H](COC(c2ccccc2)(c2ccc(OC)cc2)c2ccc(OC)cc2)O[C@H]1n1cnc2c(=O)[nH]c(NC(=O)C(C)C)nc21. The molecule has 1 unspecified atom stereocenters. The van der Waals surface area contributed by atoms with Crippen molar-refractivity contribution in [2.24, 2.45) is 5.92 Å². The summed E-state index contributed by atoms with van der Waals surface area (Å²) in [6, 6.07) is 30.6. The van der Waals surface area contributed by atoms with E-state index in [1.807, 2.05) is 120 Å². The summed E-state index contributed by atoms with van der Waals surface area (Å²) in [6.45, 7) is 14.5. The highest BCUT2D eigenvalue weighted by molar-refractivity contribution is 7.51. The number of imidazole rings is 1. The summed E-state index contributed by atoms with van der Waals surface area (Å²) in [6.07, 6.45) is -3.37. The number of methoxy groups -OCH3 is 4. The van der Waals surface area contributed by atoms with Crippen LogP contribution in [0.2, 0.25) is 0 Å². The van der Waals surface area contributed by atoms with E-state index in [-0.39, 0.29) is 67.9 Å². The molecule has 0 spiro atoms. The third kappa shape index (κ3) is 13.2. The number of rotatable bonds is 27. The number of aromatic nitrogens is 4. The first-order chi connectivity index (χ1) is 37.4. The number of H-pyrrole nitrogens is 1. The quantitative estimate of drug-likeness (QED) is 0.0280. The Balaban J connectivity index is 1.38. The Morgan fingerprint density at radius 1 is 0.744 bits per heavy atom. The van der Waals surface area contributed by atoms with Gasteiger partial charge in [-0.3, -0.25) is 38.3 Å². The largest absolute Gasteiger partial charge is 0.497 e. The van der Waals surface area contributed by atoms with E-state index >= 15 is 4.57 Å². The van der Waals surface area contributed by atoms with Crippen LogP contribution in [0, 0.1) is 5.92 Å². The van der Waals surface area contributed by atoms with E-state index in [0.29, 0.717) is 22.8 Å². The number of amides is 2. The topological polar surface area (TPSA) is 216 Å². The molecule has 0 radical (unpaired) electrons. The number of hydrogen-bond acceptors (Lipinski definition) is 15. The minimum atomic E-state index is -4.49. The summed E-state index contributed by atoms with van der Waals surface area (Å²) in [5.41, 5.74) is 0.716. The average Bonchev–Trinajstić information content (AvgIpc) is 4.08. The summed E-state index contributed by atoms with van der Waals surface area (Å²) in [7, 11) is 1.80. The van der Waals surface area contributed by atoms with Crippen LogP contribution in [0.15, 0.2) is 114 Å². The molecule has 21 heteroatoms. The molecular formula is C57H74N7O13P. The molecule has 1 aliphatic heterocycles. The first-order valence-electron chi connectivity index (χ1n) is 26.1. The maximum atomic E-state index is 16.3. The Bertz CT molecular complexity index is 2950. The molecule has 4 aromatic carbocycles. The van der Waals surface area contributed by atoms with Crippen LogP contribution in [0.4, 0.5) is 5.95 Å². The lowest BCUT2D eigenvalue weighted by molar-refractivity contribution is -0.118. The van der Waals surface area contributed by atoms with E-state index in [0.717, 1.165) is 16.7 Å². The van der Waals surface area contributed by atoms with Crippen LogP contribution in [0.5, 0.6) is 17.2 Å². The summed E-state index contributed by atoms with van der Waals surface area (Å²) in [5, 5.41) is 2.69. The second-order valence-corrected chi connectivity index (χ2v) is 21.7. The van der Waals surface area contributed by atoms with Crippen molar-refractivity contribution in [2.75, 3.05) is 66.7 Å². The van der Waals surface area contributed by atoms with Gasteiger partial charge in [0.15, 0.2) is 17.4 Å². The molecule has 0 aliphatic carbocycles. The highest BCUT2D eigenvalue weighted by Gasteiger charge is 2.54. The standard InChI is InChI=1S/C57H74N7O13P/c1-36(2)52(65)60-56-59-51-48(53(66)61-56)58-35-63(51)55-50(73-33-32-69-9)49(77-78(68,64(38(5)6)39(7)8)75-31-30-62(37(3)4)54(67)40-18-24-44(70-10)25-19-40)47(76-55)34-74-57(41-16-14-13-15-17-41,42-20-26-45(71-11)27-21-42)43-22-28-46(72-12)29-23-43/h13-29,35-39,47,49-50,55H,30-34H2,1-12H3,(H2,59,60,61,65,66)/t47-,49-,50-,55-,78?/m1/s1. The van der Waals surface area contributed by atoms with E-state index in [9.17, 15) is 14.4 Å². The van der Waals surface area contributed by atoms with E-state index in [1.54, 1.807) is 69.0 Å². The van der Waals surface area contributed by atoms with Crippen LogP contribution in [0.3, 0.4) is 0 Å². The molecule has 2 amide bonds. The highest BCUT2D eigenvalue weighted by atomic mass is 31.2. The number of ether oxygens (including phenoxy) is 7. The van der Waals surface area contributed by atoms with Gasteiger partial charge >= 0.3 is 7.75 Å². The smallest absolute Gasteiger partial charge is 0.409 e. The fourth-order valence-corrected chi connectivity index (χ4v) is 11.9. The number of carbonyl (C=O) groups is 2. The molecule has 20 nitrogen and oxygen atoms in total. The molecule has 420 valence electrons. The summed E-state index contributed by atoms with van der Waals surface area (Å²) in [4.78, 5) is 54.1. The Kier molecular flexibility index (Phi) is 20.1. The van der Waals surface area contributed by atoms with Crippen molar-refractivity contribution in [2.45, 2.75) is 104 Å². The maximum absolute atomic E-state index is 16.3. The molecular weight excluding hydrogens is 1020 g/mol. The number of nitrogens with one attached hydrogen (secondary N) is 2. The van der Waals surface area contributed by atoms with Crippen LogP contribution in [-0.4, -0.2) is 139 Å². The van der Waals surface area contributed by atoms with Gasteiger partial charge in [0.05, 0.1) is 54.1 Å². The summed E-state index contributed by atoms with van der Waals surface area (Å²) >= 11 is 0. The molecule has 1 saturated heterocycles. The minimum Gasteiger partial charge on any atom is -0.497 e. The predicted octanol–water partition coefficient (Wildman–Crippen LogP) is 8.86. The molecule has 7 rings (SSSR count). The minimum absolute atomic E-state index is 0.0104. The second kappa shape index (κ2) is 26.4. The molecule has 1 fully saturated rings. The zero-order valence-corrected chi connectivity index (χ0v) is 47.4. The fraction of sp³-hybridized carbons (Fsp3) is 0.456. The molecule has 2 N–H and O–H groups in total. The number of nitrogens with zero attached hydrogens (tertiary/aromatic N) is 5. The molecule has 3 heterocycles. The first kappa shape index (κ1) is 59.2. The third-order valence-electron chi connectivity index (χ3n) is 13.4. The Labute approximate surface area is 456 Å². The van der Waals surface area contributed by atoms with Gasteiger partial charge in [-0.1, -0.05) is 68.4 Å². The van der Waals surface area contributed by atoms with Crippen LogP contribution >= 0.6 is 7.75 Å². The van der Waals surface area contributed by atoms with Gasteiger partial charge in [-0.05, 0) is 107 Å². The number of fused-ring (bicyclic) bond motifs is 1. The third-order valence-corrected chi connectivity index (χ3v) is 15.9.